The topological polar surface area (TPSA) is 3.24 Å². The SMILES string of the molecule is c1ccc(-c2ccc(N(c3ccc(-c4ccc(-c5ccc6ccccc6c5)cc4)cc3)c3cccc(-c4ccc5ccccc5c4)c3)c(-c3ccccc3)c2)cc1. The minimum atomic E-state index is 1.09. The van der Waals surface area contributed by atoms with Gasteiger partial charge in [0.1, 0.15) is 0 Å². The van der Waals surface area contributed by atoms with Crippen LogP contribution in [0.1, 0.15) is 0 Å². The van der Waals surface area contributed by atoms with Gasteiger partial charge in [0.05, 0.1) is 5.69 Å². The molecule has 0 saturated heterocycles. The summed E-state index contributed by atoms with van der Waals surface area (Å²) in [6, 6.07) is 85.7. The predicted octanol–water partition coefficient (Wildman–Crippen LogP) is 15.8. The van der Waals surface area contributed by atoms with E-state index in [0.29, 0.717) is 0 Å². The molecular formula is C56H39N. The molecule has 0 amide bonds. The van der Waals surface area contributed by atoms with E-state index in [1.807, 2.05) is 0 Å². The van der Waals surface area contributed by atoms with Crippen LogP contribution in [0.15, 0.2) is 237 Å². The zero-order valence-electron chi connectivity index (χ0n) is 31.5. The van der Waals surface area contributed by atoms with E-state index in [1.54, 1.807) is 0 Å². The molecule has 57 heavy (non-hydrogen) atoms. The molecule has 0 heterocycles. The van der Waals surface area contributed by atoms with Gasteiger partial charge in [0.15, 0.2) is 0 Å². The first-order chi connectivity index (χ1) is 28.2. The van der Waals surface area contributed by atoms with Crippen LogP contribution in [-0.4, -0.2) is 0 Å². The summed E-state index contributed by atoms with van der Waals surface area (Å²) in [7, 11) is 0. The van der Waals surface area contributed by atoms with E-state index in [1.165, 1.54) is 77.2 Å². The minimum absolute atomic E-state index is 1.09. The molecular weight excluding hydrogens is 687 g/mol. The summed E-state index contributed by atoms with van der Waals surface area (Å²) in [4.78, 5) is 2.41. The summed E-state index contributed by atoms with van der Waals surface area (Å²) in [5.41, 5.74) is 15.2. The van der Waals surface area contributed by atoms with Gasteiger partial charge in [-0.15, -0.1) is 0 Å². The molecule has 0 N–H and O–H groups in total. The second-order valence-corrected chi connectivity index (χ2v) is 14.6. The van der Waals surface area contributed by atoms with Crippen LogP contribution in [0, 0.1) is 0 Å². The van der Waals surface area contributed by atoms with Crippen LogP contribution in [0.4, 0.5) is 17.1 Å². The highest BCUT2D eigenvalue weighted by Crippen LogP contribution is 2.44. The molecule has 0 radical (unpaired) electrons. The van der Waals surface area contributed by atoms with E-state index >= 15 is 0 Å². The molecule has 1 heteroatoms. The highest BCUT2D eigenvalue weighted by atomic mass is 15.1. The van der Waals surface area contributed by atoms with Gasteiger partial charge in [-0.25, -0.2) is 0 Å². The fourth-order valence-electron chi connectivity index (χ4n) is 8.04. The molecule has 0 aromatic heterocycles. The van der Waals surface area contributed by atoms with Crippen LogP contribution in [-0.2, 0) is 0 Å². The first-order valence-electron chi connectivity index (χ1n) is 19.6. The number of hydrogen-bond donors (Lipinski definition) is 0. The molecule has 0 spiro atoms. The summed E-state index contributed by atoms with van der Waals surface area (Å²) in [5, 5.41) is 5.00. The molecule has 0 aliphatic rings. The molecule has 0 atom stereocenters. The van der Waals surface area contributed by atoms with Crippen LogP contribution in [0.5, 0.6) is 0 Å². The Bertz CT molecular complexity index is 2980. The third kappa shape index (κ3) is 6.88. The number of anilines is 3. The molecule has 0 bridgehead atoms. The van der Waals surface area contributed by atoms with E-state index in [2.05, 4.69) is 241 Å². The normalized spacial score (nSPS) is 11.2. The molecule has 10 rings (SSSR count). The third-order valence-corrected chi connectivity index (χ3v) is 11.0. The molecule has 1 nitrogen and oxygen atoms in total. The maximum atomic E-state index is 2.41. The first-order valence-corrected chi connectivity index (χ1v) is 19.6. The standard InChI is InChI=1S/C56H39N/c1-3-12-40(13-4-1)52-32-35-56(55(39-52)46-16-5-2-6-17-46)57(54-21-11-20-49(38-54)51-29-27-42-15-8-10-19-48(42)37-51)53-33-30-44(31-34-53)43-22-24-45(25-23-43)50-28-26-41-14-7-9-18-47(41)36-50/h1-39H. The van der Waals surface area contributed by atoms with Crippen LogP contribution >= 0.6 is 0 Å². The van der Waals surface area contributed by atoms with Gasteiger partial charge in [-0.3, -0.25) is 0 Å². The Hall–Kier alpha value is -7.48. The van der Waals surface area contributed by atoms with E-state index in [9.17, 15) is 0 Å². The van der Waals surface area contributed by atoms with Gasteiger partial charge in [0.25, 0.3) is 0 Å². The maximum absolute atomic E-state index is 2.41. The van der Waals surface area contributed by atoms with E-state index in [0.717, 1.165) is 17.1 Å². The van der Waals surface area contributed by atoms with Crippen molar-refractivity contribution in [2.45, 2.75) is 0 Å². The summed E-state index contributed by atoms with van der Waals surface area (Å²) in [5.74, 6) is 0. The van der Waals surface area contributed by atoms with Gasteiger partial charge in [-0.2, -0.15) is 0 Å². The Morgan fingerprint density at radius 2 is 0.614 bits per heavy atom. The number of nitrogens with zero attached hydrogens (tertiary/aromatic N) is 1. The summed E-state index contributed by atoms with van der Waals surface area (Å²) in [6.45, 7) is 0. The molecule has 268 valence electrons. The Kier molecular flexibility index (Phi) is 8.95. The average molecular weight is 726 g/mol. The van der Waals surface area contributed by atoms with Gasteiger partial charge in [-0.1, -0.05) is 188 Å². The summed E-state index contributed by atoms with van der Waals surface area (Å²) in [6.07, 6.45) is 0. The van der Waals surface area contributed by atoms with Crippen molar-refractivity contribution >= 4 is 38.6 Å². The lowest BCUT2D eigenvalue weighted by Gasteiger charge is -2.29. The van der Waals surface area contributed by atoms with Crippen LogP contribution in [0.3, 0.4) is 0 Å². The van der Waals surface area contributed by atoms with Gasteiger partial charge in [0.2, 0.25) is 0 Å². The smallest absolute Gasteiger partial charge is 0.0540 e. The molecule has 10 aromatic rings. The molecule has 0 saturated carbocycles. The van der Waals surface area contributed by atoms with Gasteiger partial charge >= 0.3 is 0 Å². The highest BCUT2D eigenvalue weighted by Gasteiger charge is 2.19. The molecule has 0 unspecified atom stereocenters. The summed E-state index contributed by atoms with van der Waals surface area (Å²) < 4.78 is 0. The fraction of sp³-hybridized carbons (Fsp3) is 0. The van der Waals surface area contributed by atoms with Crippen LogP contribution in [0.2, 0.25) is 0 Å². The van der Waals surface area contributed by atoms with Crippen molar-refractivity contribution in [3.63, 3.8) is 0 Å². The van der Waals surface area contributed by atoms with E-state index in [4.69, 9.17) is 0 Å². The maximum Gasteiger partial charge on any atom is 0.0540 e. The van der Waals surface area contributed by atoms with Crippen molar-refractivity contribution in [1.29, 1.82) is 0 Å². The zero-order chi connectivity index (χ0) is 38.0. The van der Waals surface area contributed by atoms with Crippen molar-refractivity contribution in [3.8, 4) is 55.6 Å². The lowest BCUT2D eigenvalue weighted by atomic mass is 9.95. The Morgan fingerprint density at radius 3 is 1.23 bits per heavy atom. The van der Waals surface area contributed by atoms with E-state index < -0.39 is 0 Å². The second-order valence-electron chi connectivity index (χ2n) is 14.6. The molecule has 10 aromatic carbocycles. The quantitative estimate of drug-likeness (QED) is 0.151. The highest BCUT2D eigenvalue weighted by molar-refractivity contribution is 5.93. The minimum Gasteiger partial charge on any atom is -0.310 e. The van der Waals surface area contributed by atoms with Crippen molar-refractivity contribution in [2.24, 2.45) is 0 Å². The predicted molar refractivity (Wildman–Crippen MR) is 243 cm³/mol. The monoisotopic (exact) mass is 725 g/mol. The fourth-order valence-corrected chi connectivity index (χ4v) is 8.04. The van der Waals surface area contributed by atoms with Gasteiger partial charge in [0, 0.05) is 16.9 Å². The van der Waals surface area contributed by atoms with Crippen LogP contribution in [0.25, 0.3) is 77.2 Å². The Balaban J connectivity index is 1.07. The Morgan fingerprint density at radius 1 is 0.211 bits per heavy atom. The molecule has 0 fully saturated rings. The molecule has 0 aliphatic carbocycles. The second kappa shape index (κ2) is 15.0. The van der Waals surface area contributed by atoms with Crippen LogP contribution < -0.4 is 4.90 Å². The lowest BCUT2D eigenvalue weighted by molar-refractivity contribution is 1.28. The number of rotatable bonds is 8. The van der Waals surface area contributed by atoms with Crippen molar-refractivity contribution in [2.75, 3.05) is 4.90 Å². The van der Waals surface area contributed by atoms with E-state index in [-0.39, 0.29) is 0 Å². The third-order valence-electron chi connectivity index (χ3n) is 11.0. The first kappa shape index (κ1) is 34.0. The van der Waals surface area contributed by atoms with Crippen molar-refractivity contribution in [3.05, 3.63) is 237 Å². The van der Waals surface area contributed by atoms with Crippen molar-refractivity contribution in [1.82, 2.24) is 0 Å². The zero-order valence-corrected chi connectivity index (χ0v) is 31.5. The van der Waals surface area contributed by atoms with Crippen molar-refractivity contribution < 1.29 is 0 Å². The lowest BCUT2D eigenvalue weighted by Crippen LogP contribution is -2.11. The van der Waals surface area contributed by atoms with Gasteiger partial charge < -0.3 is 4.90 Å². The number of benzene rings is 10. The number of hydrogen-bond acceptors (Lipinski definition) is 1. The molecule has 0 aliphatic heterocycles. The van der Waals surface area contributed by atoms with Gasteiger partial charge in [-0.05, 0) is 120 Å². The average Bonchev–Trinajstić information content (AvgIpc) is 3.30. The number of fused-ring (bicyclic) bond motifs is 2. The summed E-state index contributed by atoms with van der Waals surface area (Å²) >= 11 is 0. The largest absolute Gasteiger partial charge is 0.310 e. The Labute approximate surface area is 334 Å².